The van der Waals surface area contributed by atoms with Gasteiger partial charge in [-0.3, -0.25) is 4.79 Å². The number of hydrogen-bond acceptors (Lipinski definition) is 6. The van der Waals surface area contributed by atoms with E-state index in [1.807, 2.05) is 6.92 Å². The van der Waals surface area contributed by atoms with E-state index in [2.05, 4.69) is 16.6 Å². The third kappa shape index (κ3) is 9.48. The van der Waals surface area contributed by atoms with E-state index in [4.69, 9.17) is 9.47 Å². The van der Waals surface area contributed by atoms with Crippen molar-refractivity contribution in [2.75, 3.05) is 19.8 Å². The first-order valence-electron chi connectivity index (χ1n) is 6.81. The lowest BCUT2D eigenvalue weighted by Crippen LogP contribution is -2.32. The lowest BCUT2D eigenvalue weighted by atomic mass is 10.1. The molecule has 0 aromatic rings. The first-order valence-corrected chi connectivity index (χ1v) is 6.81. The lowest BCUT2D eigenvalue weighted by Gasteiger charge is -2.16. The van der Waals surface area contributed by atoms with E-state index in [-0.39, 0.29) is 31.6 Å². The number of nitrogens with one attached hydrogen (secondary N) is 1. The Morgan fingerprint density at radius 1 is 1.24 bits per heavy atom. The van der Waals surface area contributed by atoms with Crippen LogP contribution in [0.5, 0.6) is 0 Å². The predicted octanol–water partition coefficient (Wildman–Crippen LogP) is 1.42. The summed E-state index contributed by atoms with van der Waals surface area (Å²) in [5.74, 6) is -1.05. The highest BCUT2D eigenvalue weighted by molar-refractivity contribution is 5.81. The van der Waals surface area contributed by atoms with Gasteiger partial charge < -0.3 is 19.5 Å². The van der Waals surface area contributed by atoms with E-state index in [9.17, 15) is 14.4 Å². The molecule has 0 saturated carbocycles. The fourth-order valence-corrected chi connectivity index (χ4v) is 1.12. The molecule has 1 amide bonds. The smallest absolute Gasteiger partial charge is 0.407 e. The van der Waals surface area contributed by atoms with Crippen molar-refractivity contribution in [1.82, 2.24) is 5.32 Å². The molecule has 0 aromatic carbocycles. The maximum atomic E-state index is 11.5. The highest BCUT2D eigenvalue weighted by atomic mass is 16.6. The van der Waals surface area contributed by atoms with Gasteiger partial charge in [-0.1, -0.05) is 20.4 Å². The molecule has 0 heterocycles. The molecule has 0 spiro atoms. The Labute approximate surface area is 124 Å². The van der Waals surface area contributed by atoms with Crippen molar-refractivity contribution in [1.29, 1.82) is 0 Å². The van der Waals surface area contributed by atoms with Gasteiger partial charge in [0.05, 0.1) is 12.5 Å². The Hall–Kier alpha value is -2.05. The molecule has 120 valence electrons. The Balaban J connectivity index is 3.75. The minimum atomic E-state index is -0.670. The molecule has 0 aliphatic carbocycles. The molecule has 0 aliphatic rings. The zero-order chi connectivity index (χ0) is 16.3. The van der Waals surface area contributed by atoms with Crippen LogP contribution in [-0.2, 0) is 23.8 Å². The van der Waals surface area contributed by atoms with Crippen LogP contribution < -0.4 is 5.32 Å². The molecule has 21 heavy (non-hydrogen) atoms. The summed E-state index contributed by atoms with van der Waals surface area (Å²) in [4.78, 5) is 33.5. The molecule has 0 aliphatic heterocycles. The number of carbonyl (C=O) groups excluding carboxylic acids is 3. The van der Waals surface area contributed by atoms with E-state index in [0.29, 0.717) is 6.42 Å². The molecule has 0 radical (unpaired) electrons. The van der Waals surface area contributed by atoms with E-state index in [1.54, 1.807) is 13.8 Å². The minimum Gasteiger partial charge on any atom is -0.461 e. The number of amides is 1. The van der Waals surface area contributed by atoms with Crippen LogP contribution in [0.15, 0.2) is 12.7 Å². The van der Waals surface area contributed by atoms with Gasteiger partial charge in [0.15, 0.2) is 0 Å². The fraction of sp³-hybridized carbons (Fsp3) is 0.643. The van der Waals surface area contributed by atoms with Crippen LogP contribution in [0.3, 0.4) is 0 Å². The highest BCUT2D eigenvalue weighted by Gasteiger charge is 2.16. The largest absolute Gasteiger partial charge is 0.461 e. The summed E-state index contributed by atoms with van der Waals surface area (Å²) in [5, 5.41) is 2.39. The molecule has 0 aromatic heterocycles. The number of rotatable bonds is 9. The molecule has 7 nitrogen and oxygen atoms in total. The van der Waals surface area contributed by atoms with Crippen molar-refractivity contribution in [3.63, 3.8) is 0 Å². The molecular formula is C14H23NO6. The second-order valence-electron chi connectivity index (χ2n) is 4.45. The molecule has 2 atom stereocenters. The summed E-state index contributed by atoms with van der Waals surface area (Å²) in [6, 6.07) is 0. The van der Waals surface area contributed by atoms with Crippen LogP contribution in [0.4, 0.5) is 4.79 Å². The van der Waals surface area contributed by atoms with Gasteiger partial charge >= 0.3 is 18.0 Å². The van der Waals surface area contributed by atoms with Gasteiger partial charge in [-0.05, 0) is 13.3 Å². The number of hydrogen-bond donors (Lipinski definition) is 1. The molecule has 0 bridgehead atoms. The Bertz CT molecular complexity index is 368. The second kappa shape index (κ2) is 10.7. The maximum Gasteiger partial charge on any atom is 0.407 e. The normalized spacial score (nSPS) is 12.7. The van der Waals surface area contributed by atoms with Crippen LogP contribution in [0.2, 0.25) is 0 Å². The molecule has 2 unspecified atom stereocenters. The van der Waals surface area contributed by atoms with Crippen molar-refractivity contribution >= 4 is 18.0 Å². The average Bonchev–Trinajstić information content (AvgIpc) is 2.48. The second-order valence-corrected chi connectivity index (χ2v) is 4.45. The molecule has 7 heteroatoms. The Morgan fingerprint density at radius 2 is 1.90 bits per heavy atom. The Kier molecular flexibility index (Phi) is 9.66. The standard InChI is InChI=1S/C14H23NO6/c1-5-10(3)13(17)21-11(4)9-20-14(18)15-7-8-19-12(16)6-2/h6,10-11H,2,5,7-9H2,1,3-4H3,(H,15,18). The topological polar surface area (TPSA) is 90.9 Å². The van der Waals surface area contributed by atoms with E-state index < -0.39 is 18.2 Å². The maximum absolute atomic E-state index is 11.5. The summed E-state index contributed by atoms with van der Waals surface area (Å²) >= 11 is 0. The number of alkyl carbamates (subject to hydrolysis) is 1. The van der Waals surface area contributed by atoms with Gasteiger partial charge in [0.1, 0.15) is 19.3 Å². The van der Waals surface area contributed by atoms with Gasteiger partial charge in [0.2, 0.25) is 0 Å². The zero-order valence-electron chi connectivity index (χ0n) is 12.7. The van der Waals surface area contributed by atoms with Gasteiger partial charge in [-0.25, -0.2) is 9.59 Å². The number of carbonyl (C=O) groups is 3. The first-order chi connectivity index (χ1) is 9.90. The van der Waals surface area contributed by atoms with Crippen molar-refractivity contribution in [3.8, 4) is 0 Å². The molecule has 0 rings (SSSR count). The molecule has 0 saturated heterocycles. The lowest BCUT2D eigenvalue weighted by molar-refractivity contribution is -0.154. The van der Waals surface area contributed by atoms with Gasteiger partial charge in [-0.2, -0.15) is 0 Å². The van der Waals surface area contributed by atoms with E-state index in [1.165, 1.54) is 0 Å². The van der Waals surface area contributed by atoms with Crippen molar-refractivity contribution in [2.45, 2.75) is 33.3 Å². The Morgan fingerprint density at radius 3 is 2.48 bits per heavy atom. The van der Waals surface area contributed by atoms with Crippen molar-refractivity contribution in [2.24, 2.45) is 5.92 Å². The van der Waals surface area contributed by atoms with Crippen LogP contribution in [-0.4, -0.2) is 43.9 Å². The van der Waals surface area contributed by atoms with Crippen molar-refractivity contribution in [3.05, 3.63) is 12.7 Å². The van der Waals surface area contributed by atoms with Gasteiger partial charge in [0, 0.05) is 6.08 Å². The molecule has 0 fully saturated rings. The third-order valence-corrected chi connectivity index (χ3v) is 2.56. The van der Waals surface area contributed by atoms with Crippen LogP contribution in [0.1, 0.15) is 27.2 Å². The van der Waals surface area contributed by atoms with Crippen LogP contribution >= 0.6 is 0 Å². The van der Waals surface area contributed by atoms with Gasteiger partial charge in [0.25, 0.3) is 0 Å². The predicted molar refractivity (Wildman–Crippen MR) is 75.5 cm³/mol. The summed E-state index contributed by atoms with van der Waals surface area (Å²) < 4.78 is 14.6. The number of esters is 2. The summed E-state index contributed by atoms with van der Waals surface area (Å²) in [5.41, 5.74) is 0. The minimum absolute atomic E-state index is 0.0263. The van der Waals surface area contributed by atoms with Gasteiger partial charge in [-0.15, -0.1) is 0 Å². The monoisotopic (exact) mass is 301 g/mol. The number of ether oxygens (including phenoxy) is 3. The molecule has 1 N–H and O–H groups in total. The van der Waals surface area contributed by atoms with E-state index >= 15 is 0 Å². The summed E-state index contributed by atoms with van der Waals surface area (Å²) in [6.07, 6.45) is 0.536. The zero-order valence-corrected chi connectivity index (χ0v) is 12.7. The summed E-state index contributed by atoms with van der Waals surface area (Å²) in [7, 11) is 0. The average molecular weight is 301 g/mol. The van der Waals surface area contributed by atoms with E-state index in [0.717, 1.165) is 6.08 Å². The fourth-order valence-electron chi connectivity index (χ4n) is 1.12. The van der Waals surface area contributed by atoms with Crippen LogP contribution in [0, 0.1) is 5.92 Å². The SMILES string of the molecule is C=CC(=O)OCCNC(=O)OCC(C)OC(=O)C(C)CC. The third-order valence-electron chi connectivity index (χ3n) is 2.56. The highest BCUT2D eigenvalue weighted by Crippen LogP contribution is 2.05. The molecular weight excluding hydrogens is 278 g/mol. The van der Waals surface area contributed by atoms with Crippen molar-refractivity contribution < 1.29 is 28.6 Å². The quantitative estimate of drug-likeness (QED) is 0.300. The summed E-state index contributed by atoms with van der Waals surface area (Å²) in [6.45, 7) is 8.64. The van der Waals surface area contributed by atoms with Crippen LogP contribution in [0.25, 0.3) is 0 Å². The first kappa shape index (κ1) is 18.9.